The molecular weight excluding hydrogens is 250 g/mol. The van der Waals surface area contributed by atoms with Gasteiger partial charge in [0, 0.05) is 31.0 Å². The van der Waals surface area contributed by atoms with Crippen LogP contribution in [0.15, 0.2) is 42.6 Å². The van der Waals surface area contributed by atoms with Crippen LogP contribution < -0.4 is 15.4 Å². The standard InChI is InChI=1S/C16H21N3O/c1-3-8-17-16-11-14(7-9-18-16)19-12-13-5-4-6-15(10-13)20-2/h4-7,9-11H,3,8,12H2,1-2H3,(H2,17,18,19). The van der Waals surface area contributed by atoms with Crippen LogP contribution in [0, 0.1) is 0 Å². The first kappa shape index (κ1) is 14.2. The molecule has 0 spiro atoms. The van der Waals surface area contributed by atoms with E-state index in [1.165, 1.54) is 5.56 Å². The van der Waals surface area contributed by atoms with Crippen molar-refractivity contribution in [2.75, 3.05) is 24.3 Å². The number of methoxy groups -OCH3 is 1. The van der Waals surface area contributed by atoms with Crippen LogP contribution in [0.4, 0.5) is 11.5 Å². The van der Waals surface area contributed by atoms with Crippen molar-refractivity contribution >= 4 is 11.5 Å². The van der Waals surface area contributed by atoms with E-state index in [0.29, 0.717) is 0 Å². The van der Waals surface area contributed by atoms with E-state index in [4.69, 9.17) is 4.74 Å². The Morgan fingerprint density at radius 2 is 2.05 bits per heavy atom. The highest BCUT2D eigenvalue weighted by atomic mass is 16.5. The molecule has 0 aliphatic heterocycles. The minimum Gasteiger partial charge on any atom is -0.497 e. The second-order valence-electron chi connectivity index (χ2n) is 4.56. The first-order valence-corrected chi connectivity index (χ1v) is 6.88. The molecule has 1 heterocycles. The Kier molecular flexibility index (Phi) is 5.24. The normalized spacial score (nSPS) is 10.1. The molecular formula is C16H21N3O. The molecule has 0 radical (unpaired) electrons. The van der Waals surface area contributed by atoms with Crippen LogP contribution in [0.25, 0.3) is 0 Å². The molecule has 0 aliphatic carbocycles. The number of hydrogen-bond donors (Lipinski definition) is 2. The minimum atomic E-state index is 0.758. The van der Waals surface area contributed by atoms with Crippen LogP contribution in [0.5, 0.6) is 5.75 Å². The molecule has 1 aromatic heterocycles. The van der Waals surface area contributed by atoms with Gasteiger partial charge in [0.25, 0.3) is 0 Å². The van der Waals surface area contributed by atoms with Crippen molar-refractivity contribution in [2.24, 2.45) is 0 Å². The number of ether oxygens (including phenoxy) is 1. The minimum absolute atomic E-state index is 0.758. The molecule has 0 saturated carbocycles. The summed E-state index contributed by atoms with van der Waals surface area (Å²) in [6, 6.07) is 12.0. The zero-order valence-electron chi connectivity index (χ0n) is 12.0. The van der Waals surface area contributed by atoms with E-state index in [2.05, 4.69) is 28.6 Å². The lowest BCUT2D eigenvalue weighted by atomic mass is 10.2. The average molecular weight is 271 g/mol. The lowest BCUT2D eigenvalue weighted by molar-refractivity contribution is 0.414. The highest BCUT2D eigenvalue weighted by Gasteiger charge is 1.98. The van der Waals surface area contributed by atoms with Gasteiger partial charge in [0.1, 0.15) is 11.6 Å². The molecule has 4 heteroatoms. The van der Waals surface area contributed by atoms with Gasteiger partial charge in [0.05, 0.1) is 7.11 Å². The summed E-state index contributed by atoms with van der Waals surface area (Å²) in [5.41, 5.74) is 2.24. The van der Waals surface area contributed by atoms with E-state index in [9.17, 15) is 0 Å². The van der Waals surface area contributed by atoms with Gasteiger partial charge in [-0.3, -0.25) is 0 Å². The van der Waals surface area contributed by atoms with E-state index < -0.39 is 0 Å². The number of rotatable bonds is 7. The molecule has 0 atom stereocenters. The summed E-state index contributed by atoms with van der Waals surface area (Å²) >= 11 is 0. The van der Waals surface area contributed by atoms with Crippen molar-refractivity contribution in [1.29, 1.82) is 0 Å². The van der Waals surface area contributed by atoms with Gasteiger partial charge in [0.15, 0.2) is 0 Å². The number of nitrogens with one attached hydrogen (secondary N) is 2. The second kappa shape index (κ2) is 7.38. The third-order valence-electron chi connectivity index (χ3n) is 2.95. The van der Waals surface area contributed by atoms with Crippen molar-refractivity contribution in [3.63, 3.8) is 0 Å². The number of hydrogen-bond acceptors (Lipinski definition) is 4. The summed E-state index contributed by atoms with van der Waals surface area (Å²) in [4.78, 5) is 4.29. The molecule has 2 N–H and O–H groups in total. The predicted octanol–water partition coefficient (Wildman–Crippen LogP) is 3.52. The van der Waals surface area contributed by atoms with Crippen LogP contribution in [0.3, 0.4) is 0 Å². The average Bonchev–Trinajstić information content (AvgIpc) is 2.51. The maximum Gasteiger partial charge on any atom is 0.127 e. The van der Waals surface area contributed by atoms with Gasteiger partial charge in [-0.05, 0) is 30.2 Å². The van der Waals surface area contributed by atoms with Crippen LogP contribution >= 0.6 is 0 Å². The first-order valence-electron chi connectivity index (χ1n) is 6.88. The maximum absolute atomic E-state index is 5.22. The molecule has 0 aliphatic rings. The van der Waals surface area contributed by atoms with E-state index in [0.717, 1.165) is 36.8 Å². The van der Waals surface area contributed by atoms with Gasteiger partial charge in [-0.1, -0.05) is 19.1 Å². The fraction of sp³-hybridized carbons (Fsp3) is 0.312. The molecule has 0 bridgehead atoms. The molecule has 0 unspecified atom stereocenters. The van der Waals surface area contributed by atoms with E-state index in [-0.39, 0.29) is 0 Å². The largest absolute Gasteiger partial charge is 0.497 e. The molecule has 1 aromatic carbocycles. The maximum atomic E-state index is 5.22. The van der Waals surface area contributed by atoms with Crippen molar-refractivity contribution in [3.8, 4) is 5.75 Å². The number of pyridine rings is 1. The Labute approximate surface area is 120 Å². The molecule has 2 aromatic rings. The molecule has 0 saturated heterocycles. The highest BCUT2D eigenvalue weighted by Crippen LogP contribution is 2.16. The Hall–Kier alpha value is -2.23. The Bertz CT molecular complexity index is 543. The monoisotopic (exact) mass is 271 g/mol. The Morgan fingerprint density at radius 1 is 1.15 bits per heavy atom. The van der Waals surface area contributed by atoms with E-state index in [1.54, 1.807) is 7.11 Å². The third-order valence-corrected chi connectivity index (χ3v) is 2.95. The number of aromatic nitrogens is 1. The van der Waals surface area contributed by atoms with Crippen molar-refractivity contribution in [2.45, 2.75) is 19.9 Å². The number of anilines is 2. The predicted molar refractivity (Wildman–Crippen MR) is 83.3 cm³/mol. The van der Waals surface area contributed by atoms with Crippen molar-refractivity contribution < 1.29 is 4.74 Å². The zero-order valence-corrected chi connectivity index (χ0v) is 12.0. The topological polar surface area (TPSA) is 46.2 Å². The summed E-state index contributed by atoms with van der Waals surface area (Å²) in [6.07, 6.45) is 2.90. The lowest BCUT2D eigenvalue weighted by Gasteiger charge is -2.10. The van der Waals surface area contributed by atoms with Crippen molar-refractivity contribution in [3.05, 3.63) is 48.2 Å². The Balaban J connectivity index is 1.95. The van der Waals surface area contributed by atoms with Gasteiger partial charge < -0.3 is 15.4 Å². The smallest absolute Gasteiger partial charge is 0.127 e. The molecule has 2 rings (SSSR count). The lowest BCUT2D eigenvalue weighted by Crippen LogP contribution is -2.04. The molecule has 20 heavy (non-hydrogen) atoms. The van der Waals surface area contributed by atoms with E-state index in [1.807, 2.05) is 36.5 Å². The van der Waals surface area contributed by atoms with Crippen LogP contribution in [-0.4, -0.2) is 18.6 Å². The first-order chi connectivity index (χ1) is 9.81. The van der Waals surface area contributed by atoms with Crippen LogP contribution in [0.2, 0.25) is 0 Å². The molecule has 106 valence electrons. The summed E-state index contributed by atoms with van der Waals surface area (Å²) in [5, 5.41) is 6.67. The SMILES string of the molecule is CCCNc1cc(NCc2cccc(OC)c2)ccn1. The summed E-state index contributed by atoms with van der Waals surface area (Å²) in [6.45, 7) is 3.83. The van der Waals surface area contributed by atoms with Gasteiger partial charge in [-0.15, -0.1) is 0 Å². The molecule has 4 nitrogen and oxygen atoms in total. The highest BCUT2D eigenvalue weighted by molar-refractivity contribution is 5.52. The van der Waals surface area contributed by atoms with E-state index >= 15 is 0 Å². The van der Waals surface area contributed by atoms with Gasteiger partial charge in [-0.2, -0.15) is 0 Å². The number of benzene rings is 1. The quantitative estimate of drug-likeness (QED) is 0.808. The zero-order chi connectivity index (χ0) is 14.2. The molecule has 0 fully saturated rings. The van der Waals surface area contributed by atoms with Crippen molar-refractivity contribution in [1.82, 2.24) is 4.98 Å². The van der Waals surface area contributed by atoms with Crippen LogP contribution in [-0.2, 0) is 6.54 Å². The third kappa shape index (κ3) is 4.16. The fourth-order valence-corrected chi connectivity index (χ4v) is 1.88. The fourth-order valence-electron chi connectivity index (χ4n) is 1.88. The van der Waals surface area contributed by atoms with Gasteiger partial charge in [0.2, 0.25) is 0 Å². The van der Waals surface area contributed by atoms with Crippen LogP contribution in [0.1, 0.15) is 18.9 Å². The summed E-state index contributed by atoms with van der Waals surface area (Å²) in [7, 11) is 1.68. The summed E-state index contributed by atoms with van der Waals surface area (Å²) < 4.78 is 5.22. The molecule has 0 amide bonds. The van der Waals surface area contributed by atoms with Gasteiger partial charge >= 0.3 is 0 Å². The second-order valence-corrected chi connectivity index (χ2v) is 4.56. The Morgan fingerprint density at radius 3 is 2.85 bits per heavy atom. The number of nitrogens with zero attached hydrogens (tertiary/aromatic N) is 1. The summed E-state index contributed by atoms with van der Waals surface area (Å²) in [5.74, 6) is 1.78. The van der Waals surface area contributed by atoms with Gasteiger partial charge in [-0.25, -0.2) is 4.98 Å².